The molecule has 180 valence electrons. The molecule has 2 N–H and O–H groups in total. The number of rotatable bonds is 7. The Hall–Kier alpha value is -3.25. The first kappa shape index (κ1) is 23.9. The molecule has 3 aromatic rings. The molecule has 0 aliphatic carbocycles. The molecule has 0 saturated carbocycles. The second-order valence-corrected chi connectivity index (χ2v) is 9.67. The highest BCUT2D eigenvalue weighted by atomic mass is 32.2. The third-order valence-electron chi connectivity index (χ3n) is 5.35. The molecule has 0 bridgehead atoms. The van der Waals surface area contributed by atoms with E-state index in [1.54, 1.807) is 13.1 Å². The van der Waals surface area contributed by atoms with E-state index < -0.39 is 44.5 Å². The number of aromatic nitrogens is 2. The lowest BCUT2D eigenvalue weighted by Gasteiger charge is -2.28. The van der Waals surface area contributed by atoms with Gasteiger partial charge in [0.15, 0.2) is 23.2 Å². The SMILES string of the molecule is CCCS(=O)(=O)Nc1cc(F)c(F)c(C(=O)c2ccc3ncc(N4CCNCC4)nc3c2)c1F. The van der Waals surface area contributed by atoms with Crippen molar-refractivity contribution in [3.05, 3.63) is 59.0 Å². The maximum absolute atomic E-state index is 15.0. The van der Waals surface area contributed by atoms with E-state index in [2.05, 4.69) is 15.3 Å². The third kappa shape index (κ3) is 4.82. The van der Waals surface area contributed by atoms with Crippen molar-refractivity contribution in [2.24, 2.45) is 0 Å². The van der Waals surface area contributed by atoms with Crippen molar-refractivity contribution in [2.75, 3.05) is 41.6 Å². The van der Waals surface area contributed by atoms with Gasteiger partial charge in [-0.1, -0.05) is 6.92 Å². The largest absolute Gasteiger partial charge is 0.353 e. The van der Waals surface area contributed by atoms with E-state index in [-0.39, 0.29) is 17.7 Å². The number of hydrogen-bond acceptors (Lipinski definition) is 7. The van der Waals surface area contributed by atoms with Gasteiger partial charge in [-0.2, -0.15) is 0 Å². The van der Waals surface area contributed by atoms with Gasteiger partial charge in [-0.15, -0.1) is 0 Å². The normalized spacial score (nSPS) is 14.4. The van der Waals surface area contributed by atoms with Crippen molar-refractivity contribution in [3.8, 4) is 0 Å². The molecule has 0 spiro atoms. The molecular formula is C22H22F3N5O3S. The second kappa shape index (κ2) is 9.55. The van der Waals surface area contributed by atoms with Gasteiger partial charge in [0.2, 0.25) is 10.0 Å². The molecule has 34 heavy (non-hydrogen) atoms. The van der Waals surface area contributed by atoms with Crippen molar-refractivity contribution in [2.45, 2.75) is 13.3 Å². The van der Waals surface area contributed by atoms with Crippen LogP contribution < -0.4 is 14.9 Å². The molecule has 1 aliphatic heterocycles. The summed E-state index contributed by atoms with van der Waals surface area (Å²) in [7, 11) is -4.01. The number of benzene rings is 2. The zero-order chi connectivity index (χ0) is 24.5. The minimum Gasteiger partial charge on any atom is -0.353 e. The number of anilines is 2. The van der Waals surface area contributed by atoms with Gasteiger partial charge in [0.05, 0.1) is 34.2 Å². The van der Waals surface area contributed by atoms with Crippen LogP contribution in [0.15, 0.2) is 30.5 Å². The molecule has 4 rings (SSSR count). The quantitative estimate of drug-likeness (QED) is 0.385. The summed E-state index contributed by atoms with van der Waals surface area (Å²) in [4.78, 5) is 23.9. The molecule has 8 nitrogen and oxygen atoms in total. The van der Waals surface area contributed by atoms with E-state index in [0.717, 1.165) is 26.2 Å². The van der Waals surface area contributed by atoms with Crippen LogP contribution in [0.3, 0.4) is 0 Å². The number of nitrogens with zero attached hydrogens (tertiary/aromatic N) is 3. The number of ketones is 1. The lowest BCUT2D eigenvalue weighted by molar-refractivity contribution is 0.103. The summed E-state index contributed by atoms with van der Waals surface area (Å²) in [5, 5.41) is 3.23. The minimum absolute atomic E-state index is 0.148. The Morgan fingerprint density at radius 3 is 2.56 bits per heavy atom. The number of nitrogens with one attached hydrogen (secondary N) is 2. The molecule has 1 saturated heterocycles. The number of fused-ring (bicyclic) bond motifs is 1. The number of hydrogen-bond donors (Lipinski definition) is 2. The molecule has 12 heteroatoms. The Kier molecular flexibility index (Phi) is 6.71. The summed E-state index contributed by atoms with van der Waals surface area (Å²) >= 11 is 0. The van der Waals surface area contributed by atoms with Crippen LogP contribution in [0.5, 0.6) is 0 Å². The molecule has 1 aliphatic rings. The van der Waals surface area contributed by atoms with Gasteiger partial charge >= 0.3 is 0 Å². The van der Waals surface area contributed by atoms with E-state index in [9.17, 15) is 22.0 Å². The van der Waals surface area contributed by atoms with Crippen LogP contribution in [-0.2, 0) is 10.0 Å². The van der Waals surface area contributed by atoms with Crippen LogP contribution in [0.1, 0.15) is 29.3 Å². The average molecular weight is 494 g/mol. The Balaban J connectivity index is 1.73. The van der Waals surface area contributed by atoms with Gasteiger partial charge in [0, 0.05) is 37.8 Å². The van der Waals surface area contributed by atoms with Crippen molar-refractivity contribution < 1.29 is 26.4 Å². The van der Waals surface area contributed by atoms with Crippen LogP contribution in [-0.4, -0.2) is 56.1 Å². The second-order valence-electron chi connectivity index (χ2n) is 7.83. The first-order chi connectivity index (χ1) is 16.2. The molecule has 0 unspecified atom stereocenters. The van der Waals surface area contributed by atoms with E-state index in [4.69, 9.17) is 0 Å². The molecule has 1 aromatic heterocycles. The molecule has 2 aromatic carbocycles. The predicted molar refractivity (Wildman–Crippen MR) is 122 cm³/mol. The lowest BCUT2D eigenvalue weighted by atomic mass is 10.0. The van der Waals surface area contributed by atoms with Crippen LogP contribution >= 0.6 is 0 Å². The Bertz CT molecular complexity index is 1360. The van der Waals surface area contributed by atoms with Gasteiger partial charge < -0.3 is 10.2 Å². The first-order valence-corrected chi connectivity index (χ1v) is 12.3. The summed E-state index contributed by atoms with van der Waals surface area (Å²) in [6.07, 6.45) is 1.83. The molecule has 0 radical (unpaired) electrons. The predicted octanol–water partition coefficient (Wildman–Crippen LogP) is 2.84. The Labute approximate surface area is 194 Å². The summed E-state index contributed by atoms with van der Waals surface area (Å²) in [6.45, 7) is 4.58. The number of carbonyl (C=O) groups is 1. The highest BCUT2D eigenvalue weighted by Gasteiger charge is 2.27. The van der Waals surface area contributed by atoms with Crippen molar-refractivity contribution in [1.82, 2.24) is 15.3 Å². The standard InChI is InChI=1S/C22H22F3N5O3S/c1-2-9-34(32,33)29-17-11-14(23)20(24)19(21(17)25)22(31)13-3-4-15-16(10-13)28-18(12-27-15)30-7-5-26-6-8-30/h3-4,10-12,26,29H,2,5-9H2,1H3. The number of sulfonamides is 1. The Morgan fingerprint density at radius 2 is 1.85 bits per heavy atom. The first-order valence-electron chi connectivity index (χ1n) is 10.7. The van der Waals surface area contributed by atoms with Gasteiger partial charge in [-0.3, -0.25) is 14.5 Å². The number of piperazine rings is 1. The fraction of sp³-hybridized carbons (Fsp3) is 0.318. The lowest BCUT2D eigenvalue weighted by Crippen LogP contribution is -2.43. The van der Waals surface area contributed by atoms with Gasteiger partial charge in [0.1, 0.15) is 5.82 Å². The van der Waals surface area contributed by atoms with Crippen LogP contribution in [0.25, 0.3) is 11.0 Å². The Morgan fingerprint density at radius 1 is 1.12 bits per heavy atom. The summed E-state index contributed by atoms with van der Waals surface area (Å²) in [6, 6.07) is 4.47. The van der Waals surface area contributed by atoms with Crippen LogP contribution in [0, 0.1) is 17.5 Å². The molecule has 0 atom stereocenters. The highest BCUT2D eigenvalue weighted by molar-refractivity contribution is 7.92. The van der Waals surface area contributed by atoms with Crippen LogP contribution in [0.2, 0.25) is 0 Å². The zero-order valence-electron chi connectivity index (χ0n) is 18.2. The fourth-order valence-corrected chi connectivity index (χ4v) is 4.82. The van der Waals surface area contributed by atoms with Crippen molar-refractivity contribution >= 4 is 38.3 Å². The zero-order valence-corrected chi connectivity index (χ0v) is 19.1. The van der Waals surface area contributed by atoms with E-state index in [1.807, 2.05) is 9.62 Å². The molecular weight excluding hydrogens is 471 g/mol. The van der Waals surface area contributed by atoms with Gasteiger partial charge in [-0.05, 0) is 24.6 Å². The molecule has 2 heterocycles. The summed E-state index contributed by atoms with van der Waals surface area (Å²) < 4.78 is 69.7. The highest BCUT2D eigenvalue weighted by Crippen LogP contribution is 2.28. The van der Waals surface area contributed by atoms with E-state index in [0.29, 0.717) is 22.9 Å². The average Bonchev–Trinajstić information content (AvgIpc) is 2.82. The minimum atomic E-state index is -4.01. The topological polar surface area (TPSA) is 104 Å². The maximum Gasteiger partial charge on any atom is 0.232 e. The number of carbonyl (C=O) groups excluding carboxylic acids is 1. The smallest absolute Gasteiger partial charge is 0.232 e. The van der Waals surface area contributed by atoms with Crippen molar-refractivity contribution in [3.63, 3.8) is 0 Å². The third-order valence-corrected chi connectivity index (χ3v) is 6.83. The maximum atomic E-state index is 15.0. The molecule has 1 fully saturated rings. The number of halogens is 3. The van der Waals surface area contributed by atoms with Gasteiger partial charge in [0.25, 0.3) is 0 Å². The summed E-state index contributed by atoms with van der Waals surface area (Å²) in [5.41, 5.74) is -1.39. The van der Waals surface area contributed by atoms with Crippen LogP contribution in [0.4, 0.5) is 24.7 Å². The van der Waals surface area contributed by atoms with Crippen molar-refractivity contribution in [1.29, 1.82) is 0 Å². The van der Waals surface area contributed by atoms with E-state index in [1.165, 1.54) is 18.2 Å². The monoisotopic (exact) mass is 493 g/mol. The van der Waals surface area contributed by atoms with Gasteiger partial charge in [-0.25, -0.2) is 26.6 Å². The van der Waals surface area contributed by atoms with E-state index >= 15 is 4.39 Å². The summed E-state index contributed by atoms with van der Waals surface area (Å²) in [5.74, 6) is -5.67. The molecule has 0 amide bonds. The fourth-order valence-electron chi connectivity index (χ4n) is 3.70.